The molecule has 1 fully saturated rings. The lowest BCUT2D eigenvalue weighted by Gasteiger charge is -2.23. The second kappa shape index (κ2) is 4.87. The SMILES string of the molecule is O=C(O)C1CCc2cc(C3CCCCC3)c(O)cc21. The Kier molecular flexibility index (Phi) is 3.21. The van der Waals surface area contributed by atoms with Gasteiger partial charge in [-0.25, -0.2) is 0 Å². The molecular formula is C16H20O3. The first-order valence-electron chi connectivity index (χ1n) is 7.25. The second-order valence-electron chi connectivity index (χ2n) is 5.87. The molecule has 2 aliphatic rings. The molecule has 2 aliphatic carbocycles. The highest BCUT2D eigenvalue weighted by molar-refractivity contribution is 5.78. The molecule has 1 aromatic carbocycles. The van der Waals surface area contributed by atoms with Crippen molar-refractivity contribution in [1.82, 2.24) is 0 Å². The number of fused-ring (bicyclic) bond motifs is 1. The maximum atomic E-state index is 11.2. The monoisotopic (exact) mass is 260 g/mol. The molecule has 102 valence electrons. The average Bonchev–Trinajstić information content (AvgIpc) is 2.81. The topological polar surface area (TPSA) is 57.5 Å². The van der Waals surface area contributed by atoms with Crippen LogP contribution in [0.4, 0.5) is 0 Å². The number of aliphatic carboxylic acids is 1. The Bertz CT molecular complexity index is 501. The first kappa shape index (κ1) is 12.5. The fourth-order valence-electron chi connectivity index (χ4n) is 3.66. The molecule has 3 rings (SSSR count). The number of rotatable bonds is 2. The van der Waals surface area contributed by atoms with Gasteiger partial charge in [-0.1, -0.05) is 25.3 Å². The van der Waals surface area contributed by atoms with Crippen molar-refractivity contribution in [3.05, 3.63) is 28.8 Å². The van der Waals surface area contributed by atoms with Crippen LogP contribution >= 0.6 is 0 Å². The Morgan fingerprint density at radius 3 is 2.47 bits per heavy atom. The Balaban J connectivity index is 1.94. The maximum absolute atomic E-state index is 11.2. The molecule has 0 radical (unpaired) electrons. The van der Waals surface area contributed by atoms with Gasteiger partial charge < -0.3 is 10.2 Å². The number of carboxylic acid groups (broad SMARTS) is 1. The summed E-state index contributed by atoms with van der Waals surface area (Å²) in [7, 11) is 0. The molecular weight excluding hydrogens is 240 g/mol. The summed E-state index contributed by atoms with van der Waals surface area (Å²) in [6.07, 6.45) is 7.55. The zero-order chi connectivity index (χ0) is 13.4. The van der Waals surface area contributed by atoms with E-state index in [1.54, 1.807) is 6.07 Å². The highest BCUT2D eigenvalue weighted by atomic mass is 16.4. The van der Waals surface area contributed by atoms with Gasteiger partial charge in [0.05, 0.1) is 5.92 Å². The van der Waals surface area contributed by atoms with E-state index >= 15 is 0 Å². The summed E-state index contributed by atoms with van der Waals surface area (Å²) >= 11 is 0. The molecule has 1 saturated carbocycles. The van der Waals surface area contributed by atoms with Crippen molar-refractivity contribution < 1.29 is 15.0 Å². The van der Waals surface area contributed by atoms with Gasteiger partial charge in [-0.05, 0) is 54.4 Å². The third-order valence-electron chi connectivity index (χ3n) is 4.71. The summed E-state index contributed by atoms with van der Waals surface area (Å²) in [5.41, 5.74) is 3.00. The number of aromatic hydroxyl groups is 1. The third-order valence-corrected chi connectivity index (χ3v) is 4.71. The molecule has 1 unspecified atom stereocenters. The predicted molar refractivity (Wildman–Crippen MR) is 72.6 cm³/mol. The Labute approximate surface area is 113 Å². The fourth-order valence-corrected chi connectivity index (χ4v) is 3.66. The molecule has 0 saturated heterocycles. The van der Waals surface area contributed by atoms with Crippen molar-refractivity contribution >= 4 is 5.97 Å². The van der Waals surface area contributed by atoms with Crippen molar-refractivity contribution in [2.45, 2.75) is 56.8 Å². The summed E-state index contributed by atoms with van der Waals surface area (Å²) in [6, 6.07) is 3.79. The van der Waals surface area contributed by atoms with Gasteiger partial charge in [0.2, 0.25) is 0 Å². The maximum Gasteiger partial charge on any atom is 0.310 e. The molecule has 19 heavy (non-hydrogen) atoms. The van der Waals surface area contributed by atoms with Gasteiger partial charge in [-0.3, -0.25) is 4.79 Å². The van der Waals surface area contributed by atoms with Crippen molar-refractivity contribution in [3.63, 3.8) is 0 Å². The summed E-state index contributed by atoms with van der Waals surface area (Å²) in [6.45, 7) is 0. The minimum atomic E-state index is -0.774. The van der Waals surface area contributed by atoms with Crippen LogP contribution in [-0.2, 0) is 11.2 Å². The van der Waals surface area contributed by atoms with E-state index in [1.807, 2.05) is 0 Å². The van der Waals surface area contributed by atoms with Crippen molar-refractivity contribution in [2.24, 2.45) is 0 Å². The van der Waals surface area contributed by atoms with Gasteiger partial charge in [0.15, 0.2) is 0 Å². The highest BCUT2D eigenvalue weighted by Gasteiger charge is 2.30. The number of hydrogen-bond donors (Lipinski definition) is 2. The average molecular weight is 260 g/mol. The Morgan fingerprint density at radius 2 is 1.79 bits per heavy atom. The van der Waals surface area contributed by atoms with Crippen LogP contribution in [0.1, 0.15) is 67.1 Å². The number of phenols is 1. The van der Waals surface area contributed by atoms with Crippen molar-refractivity contribution in [3.8, 4) is 5.75 Å². The Morgan fingerprint density at radius 1 is 1.05 bits per heavy atom. The van der Waals surface area contributed by atoms with Gasteiger partial charge in [-0.15, -0.1) is 0 Å². The minimum absolute atomic E-state index is 0.304. The smallest absolute Gasteiger partial charge is 0.310 e. The summed E-state index contributed by atoms with van der Waals surface area (Å²) < 4.78 is 0. The largest absolute Gasteiger partial charge is 0.508 e. The van der Waals surface area contributed by atoms with Gasteiger partial charge >= 0.3 is 5.97 Å². The van der Waals surface area contributed by atoms with E-state index in [0.717, 1.165) is 36.0 Å². The number of benzene rings is 1. The fraction of sp³-hybridized carbons (Fsp3) is 0.562. The van der Waals surface area contributed by atoms with Crippen LogP contribution < -0.4 is 0 Å². The first-order chi connectivity index (χ1) is 9.16. The van der Waals surface area contributed by atoms with Crippen molar-refractivity contribution in [2.75, 3.05) is 0 Å². The number of aryl methyl sites for hydroxylation is 1. The van der Waals surface area contributed by atoms with Gasteiger partial charge in [-0.2, -0.15) is 0 Å². The zero-order valence-corrected chi connectivity index (χ0v) is 11.1. The molecule has 2 N–H and O–H groups in total. The summed E-state index contributed by atoms with van der Waals surface area (Å²) in [5.74, 6) is -0.438. The van der Waals surface area contributed by atoms with Gasteiger partial charge in [0, 0.05) is 0 Å². The van der Waals surface area contributed by atoms with E-state index in [0.29, 0.717) is 18.1 Å². The first-order valence-corrected chi connectivity index (χ1v) is 7.25. The van der Waals surface area contributed by atoms with Crippen LogP contribution in [0, 0.1) is 0 Å². The van der Waals surface area contributed by atoms with Crippen LogP contribution in [0.2, 0.25) is 0 Å². The molecule has 0 bridgehead atoms. The van der Waals surface area contributed by atoms with Crippen LogP contribution in [0.3, 0.4) is 0 Å². The molecule has 3 nitrogen and oxygen atoms in total. The van der Waals surface area contributed by atoms with E-state index in [2.05, 4.69) is 6.07 Å². The molecule has 0 heterocycles. The summed E-state index contributed by atoms with van der Waals surface area (Å²) in [5, 5.41) is 19.4. The standard InChI is InChI=1S/C16H20O3/c17-15-9-13-11(6-7-12(13)16(18)19)8-14(15)10-4-2-1-3-5-10/h8-10,12,17H,1-7H2,(H,18,19). The molecule has 1 aromatic rings. The lowest BCUT2D eigenvalue weighted by Crippen LogP contribution is -2.09. The van der Waals surface area contributed by atoms with Gasteiger partial charge in [0.25, 0.3) is 0 Å². The Hall–Kier alpha value is -1.51. The van der Waals surface area contributed by atoms with E-state index in [1.165, 1.54) is 19.3 Å². The predicted octanol–water partition coefficient (Wildman–Crippen LogP) is 3.55. The van der Waals surface area contributed by atoms with E-state index in [9.17, 15) is 15.0 Å². The van der Waals surface area contributed by atoms with E-state index < -0.39 is 11.9 Å². The van der Waals surface area contributed by atoms with Crippen LogP contribution in [-0.4, -0.2) is 16.2 Å². The number of phenolic OH excluding ortho intramolecular Hbond substituents is 1. The normalized spacial score (nSPS) is 23.3. The molecule has 0 spiro atoms. The highest BCUT2D eigenvalue weighted by Crippen LogP contribution is 2.42. The van der Waals surface area contributed by atoms with E-state index in [4.69, 9.17) is 0 Å². The number of carbonyl (C=O) groups is 1. The molecule has 0 aliphatic heterocycles. The summed E-state index contributed by atoms with van der Waals surface area (Å²) in [4.78, 5) is 11.2. The zero-order valence-electron chi connectivity index (χ0n) is 11.1. The lowest BCUT2D eigenvalue weighted by molar-refractivity contribution is -0.138. The number of carboxylic acids is 1. The lowest BCUT2D eigenvalue weighted by atomic mass is 9.82. The van der Waals surface area contributed by atoms with Crippen LogP contribution in [0.5, 0.6) is 5.75 Å². The molecule has 1 atom stereocenters. The van der Waals surface area contributed by atoms with E-state index in [-0.39, 0.29) is 0 Å². The quantitative estimate of drug-likeness (QED) is 0.854. The van der Waals surface area contributed by atoms with Crippen molar-refractivity contribution in [1.29, 1.82) is 0 Å². The number of hydrogen-bond acceptors (Lipinski definition) is 2. The third kappa shape index (κ3) is 2.22. The minimum Gasteiger partial charge on any atom is -0.508 e. The van der Waals surface area contributed by atoms with Crippen LogP contribution in [0.15, 0.2) is 12.1 Å². The molecule has 0 amide bonds. The second-order valence-corrected chi connectivity index (χ2v) is 5.87. The molecule has 3 heteroatoms. The van der Waals surface area contributed by atoms with Crippen LogP contribution in [0.25, 0.3) is 0 Å². The molecule has 0 aromatic heterocycles. The van der Waals surface area contributed by atoms with Gasteiger partial charge in [0.1, 0.15) is 5.75 Å².